The molecule has 7 nitrogen and oxygen atoms in total. The van der Waals surface area contributed by atoms with Crippen molar-refractivity contribution in [2.75, 3.05) is 11.9 Å². The summed E-state index contributed by atoms with van der Waals surface area (Å²) in [6.45, 7) is 5.68. The summed E-state index contributed by atoms with van der Waals surface area (Å²) in [5, 5.41) is 11.9. The first-order valence-electron chi connectivity index (χ1n) is 8.68. The number of nitrogens with zero attached hydrogens (tertiary/aromatic N) is 1. The lowest BCUT2D eigenvalue weighted by molar-refractivity contribution is -0.119. The van der Waals surface area contributed by atoms with Gasteiger partial charge in [-0.1, -0.05) is 19.9 Å². The predicted octanol–water partition coefficient (Wildman–Crippen LogP) is 3.31. The predicted molar refractivity (Wildman–Crippen MR) is 104 cm³/mol. The van der Waals surface area contributed by atoms with E-state index in [1.54, 1.807) is 13.0 Å². The summed E-state index contributed by atoms with van der Waals surface area (Å²) in [6, 6.07) is 10.9. The van der Waals surface area contributed by atoms with Crippen LogP contribution in [-0.2, 0) is 9.63 Å². The normalized spacial score (nSPS) is 9.54. The van der Waals surface area contributed by atoms with Crippen LogP contribution in [0.3, 0.4) is 0 Å². The minimum absolute atomic E-state index is 0.0483. The van der Waals surface area contributed by atoms with Gasteiger partial charge in [0.2, 0.25) is 5.91 Å². The van der Waals surface area contributed by atoms with Gasteiger partial charge in [0, 0.05) is 0 Å². The van der Waals surface area contributed by atoms with E-state index in [9.17, 15) is 14.0 Å². The Morgan fingerprint density at radius 1 is 1.18 bits per heavy atom. The van der Waals surface area contributed by atoms with Crippen molar-refractivity contribution < 1.29 is 18.8 Å². The number of nitrogens with two attached hydrogens (primary N) is 1. The zero-order chi connectivity index (χ0) is 21.1. The molecule has 0 aliphatic carbocycles. The number of benzene rings is 2. The number of hydroxylamine groups is 1. The highest BCUT2D eigenvalue weighted by Crippen LogP contribution is 2.25. The van der Waals surface area contributed by atoms with Crippen LogP contribution < -0.4 is 16.5 Å². The number of hydrogen-bond acceptors (Lipinski definition) is 5. The van der Waals surface area contributed by atoms with Crippen LogP contribution in [0.15, 0.2) is 36.4 Å². The Balaban J connectivity index is 0.00000190. The van der Waals surface area contributed by atoms with Gasteiger partial charge < -0.3 is 11.1 Å². The van der Waals surface area contributed by atoms with Crippen molar-refractivity contribution in [3.05, 3.63) is 58.9 Å². The zero-order valence-electron chi connectivity index (χ0n) is 16.0. The lowest BCUT2D eigenvalue weighted by Crippen LogP contribution is -2.26. The molecule has 0 heterocycles. The van der Waals surface area contributed by atoms with Crippen LogP contribution in [0, 0.1) is 24.1 Å². The molecule has 0 aromatic heterocycles. The topological polar surface area (TPSA) is 117 Å². The van der Waals surface area contributed by atoms with Gasteiger partial charge in [-0.05, 0) is 42.8 Å². The quantitative estimate of drug-likeness (QED) is 0.498. The van der Waals surface area contributed by atoms with E-state index in [4.69, 9.17) is 15.8 Å². The lowest BCUT2D eigenvalue weighted by atomic mass is 10.1. The molecule has 2 amide bonds. The first-order chi connectivity index (χ1) is 13.4. The highest BCUT2D eigenvalue weighted by molar-refractivity contribution is 6.00. The van der Waals surface area contributed by atoms with E-state index >= 15 is 0 Å². The summed E-state index contributed by atoms with van der Waals surface area (Å²) in [5.41, 5.74) is 8.75. The molecule has 28 heavy (non-hydrogen) atoms. The summed E-state index contributed by atoms with van der Waals surface area (Å²) in [5.74, 6) is -1.67. The van der Waals surface area contributed by atoms with E-state index < -0.39 is 17.6 Å². The highest BCUT2D eigenvalue weighted by atomic mass is 19.1. The van der Waals surface area contributed by atoms with E-state index in [1.807, 2.05) is 19.9 Å². The van der Waals surface area contributed by atoms with Crippen LogP contribution in [0.25, 0.3) is 0 Å². The Hall–Kier alpha value is -3.44. The third-order valence-corrected chi connectivity index (χ3v) is 3.40. The van der Waals surface area contributed by atoms with Crippen LogP contribution >= 0.6 is 0 Å². The second kappa shape index (κ2) is 11.3. The molecule has 4 N–H and O–H groups in total. The zero-order valence-corrected chi connectivity index (χ0v) is 16.0. The van der Waals surface area contributed by atoms with E-state index in [0.29, 0.717) is 5.56 Å². The van der Waals surface area contributed by atoms with E-state index in [-0.39, 0.29) is 30.0 Å². The Morgan fingerprint density at radius 2 is 1.89 bits per heavy atom. The molecule has 0 saturated carbocycles. The summed E-state index contributed by atoms with van der Waals surface area (Å²) in [4.78, 5) is 27.8. The largest absolute Gasteiger partial charge is 0.370 e. The summed E-state index contributed by atoms with van der Waals surface area (Å²) >= 11 is 0. The molecule has 148 valence electrons. The van der Waals surface area contributed by atoms with Crippen LogP contribution in [0.5, 0.6) is 0 Å². The Kier molecular flexibility index (Phi) is 9.13. The van der Waals surface area contributed by atoms with Crippen molar-refractivity contribution in [1.82, 2.24) is 5.48 Å². The van der Waals surface area contributed by atoms with Gasteiger partial charge in [-0.3, -0.25) is 14.4 Å². The van der Waals surface area contributed by atoms with Gasteiger partial charge in [-0.15, -0.1) is 0 Å². The molecule has 8 heteroatoms. The molecule has 0 spiro atoms. The van der Waals surface area contributed by atoms with E-state index in [2.05, 4.69) is 10.8 Å². The van der Waals surface area contributed by atoms with Gasteiger partial charge in [0.1, 0.15) is 5.82 Å². The van der Waals surface area contributed by atoms with Crippen molar-refractivity contribution in [1.29, 1.82) is 5.26 Å². The number of primary amides is 1. The Bertz CT molecular complexity index is 878. The molecule has 0 aliphatic rings. The number of aryl methyl sites for hydroxylation is 1. The molecule has 0 unspecified atom stereocenters. The van der Waals surface area contributed by atoms with Crippen molar-refractivity contribution in [2.24, 2.45) is 5.73 Å². The molecule has 2 rings (SSSR count). The number of carbonyl (C=O) groups is 2. The lowest BCUT2D eigenvalue weighted by Gasteiger charge is -2.13. The number of nitrogens with one attached hydrogen (secondary N) is 2. The van der Waals surface area contributed by atoms with E-state index in [0.717, 1.165) is 5.56 Å². The maximum atomic E-state index is 14.1. The number of rotatable bonds is 7. The molecule has 0 saturated heterocycles. The van der Waals surface area contributed by atoms with Crippen molar-refractivity contribution in [3.63, 3.8) is 0 Å². The minimum Gasteiger partial charge on any atom is -0.370 e. The fourth-order valence-electron chi connectivity index (χ4n) is 2.10. The number of hydrogen-bond donors (Lipinski definition) is 3. The molecule has 0 radical (unpaired) electrons. The van der Waals surface area contributed by atoms with Crippen LogP contribution in [0.2, 0.25) is 0 Å². The Labute approximate surface area is 163 Å². The average molecular weight is 386 g/mol. The van der Waals surface area contributed by atoms with Gasteiger partial charge in [-0.25, -0.2) is 9.87 Å². The molecular weight excluding hydrogens is 363 g/mol. The standard InChI is InChI=1S/C18H17FN4O3.C2H6/c1-11-2-5-15(14(19)8-11)22-16-9-12(10-20)3-4-13(16)18(25)23-26-7-6-17(21)24;1-2/h2-5,8-9,22H,6-7H2,1H3,(H2,21,24)(H,23,25);1-2H3. The number of halogens is 1. The van der Waals surface area contributed by atoms with Crippen LogP contribution in [-0.4, -0.2) is 18.4 Å². The van der Waals surface area contributed by atoms with Crippen LogP contribution in [0.1, 0.15) is 41.8 Å². The van der Waals surface area contributed by atoms with Gasteiger partial charge in [-0.2, -0.15) is 5.26 Å². The fraction of sp³-hybridized carbons (Fsp3) is 0.250. The first-order valence-corrected chi connectivity index (χ1v) is 8.68. The maximum absolute atomic E-state index is 14.1. The maximum Gasteiger partial charge on any atom is 0.276 e. The molecule has 0 fully saturated rings. The van der Waals surface area contributed by atoms with E-state index in [1.165, 1.54) is 30.3 Å². The number of carbonyl (C=O) groups excluding carboxylic acids is 2. The Morgan fingerprint density at radius 3 is 2.50 bits per heavy atom. The second-order valence-electron chi connectivity index (χ2n) is 5.48. The molecule has 0 atom stereocenters. The van der Waals surface area contributed by atoms with Gasteiger partial charge in [0.25, 0.3) is 5.91 Å². The molecule has 0 aliphatic heterocycles. The fourth-order valence-corrected chi connectivity index (χ4v) is 2.10. The third-order valence-electron chi connectivity index (χ3n) is 3.40. The molecule has 0 bridgehead atoms. The van der Waals surface area contributed by atoms with Crippen LogP contribution in [0.4, 0.5) is 15.8 Å². The SMILES string of the molecule is CC.Cc1ccc(Nc2cc(C#N)ccc2C(=O)NOCCC(N)=O)c(F)c1. The van der Waals surface area contributed by atoms with Crippen molar-refractivity contribution in [3.8, 4) is 6.07 Å². The molecule has 2 aromatic rings. The second-order valence-corrected chi connectivity index (χ2v) is 5.48. The summed E-state index contributed by atoms with van der Waals surface area (Å²) in [6.07, 6.45) is -0.0483. The number of nitriles is 1. The number of anilines is 2. The minimum atomic E-state index is -0.617. The molecule has 2 aromatic carbocycles. The third kappa shape index (κ3) is 6.70. The average Bonchev–Trinajstić information content (AvgIpc) is 2.68. The first kappa shape index (κ1) is 22.6. The van der Waals surface area contributed by atoms with Crippen molar-refractivity contribution in [2.45, 2.75) is 27.2 Å². The highest BCUT2D eigenvalue weighted by Gasteiger charge is 2.14. The number of amides is 2. The smallest absolute Gasteiger partial charge is 0.276 e. The van der Waals surface area contributed by atoms with Crippen molar-refractivity contribution >= 4 is 23.2 Å². The van der Waals surface area contributed by atoms with Gasteiger partial charge >= 0.3 is 0 Å². The van der Waals surface area contributed by atoms with Gasteiger partial charge in [0.05, 0.1) is 41.6 Å². The summed E-state index contributed by atoms with van der Waals surface area (Å²) in [7, 11) is 0. The van der Waals surface area contributed by atoms with Gasteiger partial charge in [0.15, 0.2) is 0 Å². The summed E-state index contributed by atoms with van der Waals surface area (Å²) < 4.78 is 14.1. The molecular formula is C20H23FN4O3. The monoisotopic (exact) mass is 386 g/mol.